The fourth-order valence-electron chi connectivity index (χ4n) is 4.41. The third-order valence-corrected chi connectivity index (χ3v) is 5.75. The number of pyridine rings is 1. The van der Waals surface area contributed by atoms with Crippen LogP contribution in [-0.2, 0) is 11.8 Å². The van der Waals surface area contributed by atoms with Crippen molar-refractivity contribution in [3.8, 4) is 0 Å². The molecule has 0 aromatic carbocycles. The van der Waals surface area contributed by atoms with Gasteiger partial charge >= 0.3 is 5.97 Å². The molecule has 4 rings (SSSR count). The lowest BCUT2D eigenvalue weighted by Gasteiger charge is -2.41. The van der Waals surface area contributed by atoms with E-state index in [0.29, 0.717) is 5.82 Å². The van der Waals surface area contributed by atoms with Crippen molar-refractivity contribution in [1.29, 1.82) is 0 Å². The van der Waals surface area contributed by atoms with E-state index in [-0.39, 0.29) is 11.0 Å². The average Bonchev–Trinajstić information content (AvgIpc) is 2.99. The molecule has 2 aromatic rings. The van der Waals surface area contributed by atoms with Gasteiger partial charge in [-0.1, -0.05) is 0 Å². The summed E-state index contributed by atoms with van der Waals surface area (Å²) in [4.78, 5) is 29.7. The number of rotatable bonds is 3. The van der Waals surface area contributed by atoms with Gasteiger partial charge in [-0.05, 0) is 50.3 Å². The van der Waals surface area contributed by atoms with E-state index in [1.54, 1.807) is 12.1 Å². The second-order valence-corrected chi connectivity index (χ2v) is 7.87. The Morgan fingerprint density at radius 2 is 2.07 bits per heavy atom. The summed E-state index contributed by atoms with van der Waals surface area (Å²) in [6, 6.07) is 3.42. The molecule has 7 nitrogen and oxygen atoms in total. The second kappa shape index (κ2) is 6.48. The first-order valence-corrected chi connectivity index (χ1v) is 9.39. The van der Waals surface area contributed by atoms with Crippen molar-refractivity contribution >= 4 is 17.7 Å². The van der Waals surface area contributed by atoms with Crippen LogP contribution in [0.4, 0.5) is 11.8 Å². The van der Waals surface area contributed by atoms with Crippen LogP contribution in [0.1, 0.15) is 46.6 Å². The fourth-order valence-corrected chi connectivity index (χ4v) is 4.41. The molecule has 7 heteroatoms. The van der Waals surface area contributed by atoms with Crippen molar-refractivity contribution in [2.24, 2.45) is 0 Å². The monoisotopic (exact) mass is 367 g/mol. The number of carboxylic acid groups (broad SMARTS) is 1. The Bertz CT molecular complexity index is 894. The first-order chi connectivity index (χ1) is 12.9. The van der Waals surface area contributed by atoms with E-state index < -0.39 is 5.97 Å². The molecule has 0 radical (unpaired) electrons. The van der Waals surface area contributed by atoms with Crippen LogP contribution in [-0.4, -0.2) is 53.2 Å². The molecule has 3 heterocycles. The number of carboxylic acids is 1. The number of hydrogen-bond donors (Lipinski definition) is 1. The van der Waals surface area contributed by atoms with Crippen LogP contribution in [0, 0.1) is 6.92 Å². The normalized spacial score (nSPS) is 21.4. The Hall–Kier alpha value is -2.70. The number of anilines is 2. The molecule has 1 atom stereocenters. The number of aromatic nitrogens is 3. The Kier molecular flexibility index (Phi) is 4.25. The molecule has 1 aliphatic carbocycles. The average molecular weight is 367 g/mol. The number of fused-ring (bicyclic) bond motifs is 2. The van der Waals surface area contributed by atoms with E-state index in [4.69, 9.17) is 4.98 Å². The van der Waals surface area contributed by atoms with Gasteiger partial charge in [0.25, 0.3) is 0 Å². The molecule has 2 aliphatic rings. The Labute approximate surface area is 159 Å². The third kappa shape index (κ3) is 3.01. The number of piperidine rings is 1. The van der Waals surface area contributed by atoms with E-state index >= 15 is 0 Å². The summed E-state index contributed by atoms with van der Waals surface area (Å²) in [5.41, 5.74) is 3.41. The van der Waals surface area contributed by atoms with Gasteiger partial charge in [0.15, 0.2) is 0 Å². The Morgan fingerprint density at radius 3 is 2.81 bits per heavy atom. The minimum Gasteiger partial charge on any atom is -0.478 e. The number of nitrogens with zero attached hydrogens (tertiary/aromatic N) is 5. The summed E-state index contributed by atoms with van der Waals surface area (Å²) >= 11 is 0. The van der Waals surface area contributed by atoms with Crippen LogP contribution in [0.25, 0.3) is 0 Å². The van der Waals surface area contributed by atoms with Gasteiger partial charge in [0.1, 0.15) is 11.4 Å². The second-order valence-electron chi connectivity index (χ2n) is 7.87. The summed E-state index contributed by atoms with van der Waals surface area (Å²) in [6.07, 6.45) is 6.02. The molecule has 1 saturated heterocycles. The Balaban J connectivity index is 1.73. The van der Waals surface area contributed by atoms with Crippen LogP contribution < -0.4 is 9.80 Å². The molecule has 1 fully saturated rings. The molecule has 27 heavy (non-hydrogen) atoms. The van der Waals surface area contributed by atoms with Gasteiger partial charge in [0, 0.05) is 44.5 Å². The highest BCUT2D eigenvalue weighted by atomic mass is 16.4. The van der Waals surface area contributed by atoms with Gasteiger partial charge in [-0.25, -0.2) is 19.7 Å². The summed E-state index contributed by atoms with van der Waals surface area (Å²) in [5, 5.41) is 9.61. The van der Waals surface area contributed by atoms with Crippen molar-refractivity contribution in [1.82, 2.24) is 15.0 Å². The highest BCUT2D eigenvalue weighted by molar-refractivity contribution is 5.93. The quantitative estimate of drug-likeness (QED) is 0.892. The maximum absolute atomic E-state index is 11.7. The van der Waals surface area contributed by atoms with Crippen molar-refractivity contribution in [2.45, 2.75) is 38.0 Å². The molecule has 2 aromatic heterocycles. The number of hydrogen-bond acceptors (Lipinski definition) is 6. The fraction of sp³-hybridized carbons (Fsp3) is 0.500. The van der Waals surface area contributed by atoms with Crippen molar-refractivity contribution in [3.63, 3.8) is 0 Å². The first kappa shape index (κ1) is 17.7. The molecule has 0 amide bonds. The lowest BCUT2D eigenvalue weighted by atomic mass is 9.77. The van der Waals surface area contributed by atoms with Crippen molar-refractivity contribution in [3.05, 3.63) is 40.8 Å². The van der Waals surface area contributed by atoms with Gasteiger partial charge in [-0.3, -0.25) is 0 Å². The predicted molar refractivity (Wildman–Crippen MR) is 104 cm³/mol. The highest BCUT2D eigenvalue weighted by Gasteiger charge is 2.44. The minimum atomic E-state index is -0.929. The molecule has 1 aliphatic heterocycles. The Morgan fingerprint density at radius 1 is 1.26 bits per heavy atom. The molecular weight excluding hydrogens is 342 g/mol. The molecule has 142 valence electrons. The molecule has 1 spiro atoms. The zero-order chi connectivity index (χ0) is 19.2. The zero-order valence-corrected chi connectivity index (χ0v) is 16.1. The van der Waals surface area contributed by atoms with Gasteiger partial charge in [0.05, 0.1) is 5.69 Å². The van der Waals surface area contributed by atoms with Crippen LogP contribution in [0.5, 0.6) is 0 Å². The topological polar surface area (TPSA) is 82.5 Å². The van der Waals surface area contributed by atoms with Crippen LogP contribution >= 0.6 is 0 Å². The molecule has 1 unspecified atom stereocenters. The van der Waals surface area contributed by atoms with E-state index in [2.05, 4.69) is 14.9 Å². The maximum Gasteiger partial charge on any atom is 0.339 e. The van der Waals surface area contributed by atoms with Crippen molar-refractivity contribution in [2.75, 3.05) is 37.0 Å². The van der Waals surface area contributed by atoms with Gasteiger partial charge in [-0.2, -0.15) is 0 Å². The number of aryl methyl sites for hydroxylation is 2. The SMILES string of the molecule is Cc1ccc(C(=O)O)c(N2CCCC3(CCc4cnc(N(C)C)nc43)C2)n1. The third-order valence-electron chi connectivity index (χ3n) is 5.75. The first-order valence-electron chi connectivity index (χ1n) is 9.39. The van der Waals surface area contributed by atoms with E-state index in [1.165, 1.54) is 5.56 Å². The predicted octanol–water partition coefficient (Wildman–Crippen LogP) is 2.43. The summed E-state index contributed by atoms with van der Waals surface area (Å²) in [7, 11) is 3.90. The number of aromatic carboxylic acids is 1. The van der Waals surface area contributed by atoms with Gasteiger partial charge in [-0.15, -0.1) is 0 Å². The minimum absolute atomic E-state index is 0.0531. The van der Waals surface area contributed by atoms with Gasteiger partial charge in [0.2, 0.25) is 5.95 Å². The van der Waals surface area contributed by atoms with Crippen molar-refractivity contribution < 1.29 is 9.90 Å². The maximum atomic E-state index is 11.7. The highest BCUT2D eigenvalue weighted by Crippen LogP contribution is 2.45. The summed E-state index contributed by atoms with van der Waals surface area (Å²) in [5.74, 6) is 0.380. The van der Waals surface area contributed by atoms with E-state index in [9.17, 15) is 9.90 Å². The van der Waals surface area contributed by atoms with Crippen LogP contribution in [0.3, 0.4) is 0 Å². The number of carbonyl (C=O) groups is 1. The standard InChI is InChI=1S/C20H25N5O2/c1-13-5-6-15(18(26)27)17(22-13)25-10-4-8-20(12-25)9-7-14-11-21-19(24(2)3)23-16(14)20/h5-6,11H,4,7-10,12H2,1-3H3,(H,26,27). The lowest BCUT2D eigenvalue weighted by Crippen LogP contribution is -2.46. The summed E-state index contributed by atoms with van der Waals surface area (Å²) in [6.45, 7) is 3.47. The van der Waals surface area contributed by atoms with E-state index in [0.717, 1.165) is 56.1 Å². The van der Waals surface area contributed by atoms with E-state index in [1.807, 2.05) is 32.1 Å². The van der Waals surface area contributed by atoms with Gasteiger partial charge < -0.3 is 14.9 Å². The molecule has 1 N–H and O–H groups in total. The zero-order valence-electron chi connectivity index (χ0n) is 16.1. The van der Waals surface area contributed by atoms with Crippen LogP contribution in [0.15, 0.2) is 18.3 Å². The molecule has 0 bridgehead atoms. The largest absolute Gasteiger partial charge is 0.478 e. The molecular formula is C20H25N5O2. The lowest BCUT2D eigenvalue weighted by molar-refractivity contribution is 0.0697. The molecule has 0 saturated carbocycles. The smallest absolute Gasteiger partial charge is 0.339 e. The van der Waals surface area contributed by atoms with Crippen LogP contribution in [0.2, 0.25) is 0 Å². The summed E-state index contributed by atoms with van der Waals surface area (Å²) < 4.78 is 0.